The molecule has 5 aliphatic rings. The molecule has 518 valence electrons. The van der Waals surface area contributed by atoms with Crippen molar-refractivity contribution < 1.29 is 0 Å². The molecule has 2 aromatic heterocycles. The monoisotopic (exact) mass is 1260 g/mol. The van der Waals surface area contributed by atoms with Crippen LogP contribution in [0.1, 0.15) is 299 Å². The smallest absolute Gasteiger partial charge is 0.230 e. The number of aryl methyl sites for hydroxylation is 2. The van der Waals surface area contributed by atoms with E-state index in [4.69, 9.17) is 29.9 Å². The molecule has 5 aliphatic heterocycles. The van der Waals surface area contributed by atoms with Gasteiger partial charge in [0, 0.05) is 112 Å². The van der Waals surface area contributed by atoms with E-state index in [9.17, 15) is 0 Å². The summed E-state index contributed by atoms with van der Waals surface area (Å²) in [5, 5.41) is 11.7. The van der Waals surface area contributed by atoms with Gasteiger partial charge < -0.3 is 40.4 Å². The fraction of sp³-hybridized carbons (Fsp3) is 0.919. The van der Waals surface area contributed by atoms with E-state index >= 15 is 0 Å². The number of unbranched alkanes of at least 4 members (excludes halogenated alkanes) is 6. The minimum absolute atomic E-state index is 0.0390. The molecule has 16 heteroatoms. The first kappa shape index (κ1) is 76.0. The molecular formula is C74H142N16. The largest absolute Gasteiger partial charge is 0.338 e. The Hall–Kier alpha value is -3.02. The number of nitrogens with zero attached hydrogens (tertiary/aromatic N) is 13. The molecule has 0 bridgehead atoms. The van der Waals surface area contributed by atoms with Gasteiger partial charge in [0.15, 0.2) is 0 Å². The predicted octanol–water partition coefficient (Wildman–Crippen LogP) is 14.7. The number of hydrogen-bond acceptors (Lipinski definition) is 16. The first-order valence-electron chi connectivity index (χ1n) is 36.4. The molecule has 0 aliphatic carbocycles. The van der Waals surface area contributed by atoms with E-state index in [1.54, 1.807) is 0 Å². The van der Waals surface area contributed by atoms with Gasteiger partial charge >= 0.3 is 0 Å². The Morgan fingerprint density at radius 2 is 0.544 bits per heavy atom. The summed E-state index contributed by atoms with van der Waals surface area (Å²) in [5.41, 5.74) is 0.993. The molecule has 0 atom stereocenters. The van der Waals surface area contributed by atoms with Gasteiger partial charge in [0.05, 0.1) is 0 Å². The molecule has 7 rings (SSSR count). The molecule has 3 N–H and O–H groups in total. The van der Waals surface area contributed by atoms with E-state index in [1.165, 1.54) is 38.6 Å². The van der Waals surface area contributed by atoms with E-state index in [2.05, 4.69) is 244 Å². The Labute approximate surface area is 554 Å². The Kier molecular flexibility index (Phi) is 24.9. The average Bonchev–Trinajstić information content (AvgIpc) is 0.782. The van der Waals surface area contributed by atoms with Crippen LogP contribution >= 0.6 is 0 Å². The lowest BCUT2D eigenvalue weighted by Crippen LogP contribution is -2.63. The van der Waals surface area contributed by atoms with Crippen LogP contribution in [-0.4, -0.2) is 184 Å². The highest BCUT2D eigenvalue weighted by Crippen LogP contribution is 2.43. The van der Waals surface area contributed by atoms with Gasteiger partial charge in [0.1, 0.15) is 11.6 Å². The SMILES string of the molecule is CCCCN(c1nc(C)nc(N(CCCC)C2CC(C)(C)N(C)C(C)(C)C2)n1)C1CC(C)(C)N(C)C(C)(C)C1.CCCCN(c1nc(C)nc(N(CCCCCCN(C)C2CC(C)(C)NC(C)(C)C2)C2CC(C)(C)NC(C)(C)C2)n1)C1CC(C)(C)NC(C)(C)C1. The summed E-state index contributed by atoms with van der Waals surface area (Å²) < 4.78 is 0. The quantitative estimate of drug-likeness (QED) is 0.0813. The van der Waals surface area contributed by atoms with Gasteiger partial charge in [-0.3, -0.25) is 9.80 Å². The van der Waals surface area contributed by atoms with Gasteiger partial charge in [-0.2, -0.15) is 29.9 Å². The molecule has 0 amide bonds. The normalized spacial score (nSPS) is 24.1. The number of nitrogens with one attached hydrogen (secondary N) is 3. The summed E-state index contributed by atoms with van der Waals surface area (Å²) in [7, 11) is 6.92. The minimum atomic E-state index is 0.0390. The minimum Gasteiger partial charge on any atom is -0.338 e. The van der Waals surface area contributed by atoms with Gasteiger partial charge in [0.2, 0.25) is 23.8 Å². The van der Waals surface area contributed by atoms with Crippen LogP contribution in [0.15, 0.2) is 0 Å². The van der Waals surface area contributed by atoms with Crippen molar-refractivity contribution >= 4 is 23.8 Å². The fourth-order valence-electron chi connectivity index (χ4n) is 18.0. The third kappa shape index (κ3) is 20.7. The van der Waals surface area contributed by atoms with Crippen LogP contribution in [0.4, 0.5) is 23.8 Å². The first-order chi connectivity index (χ1) is 41.3. The Morgan fingerprint density at radius 1 is 0.322 bits per heavy atom. The molecule has 5 fully saturated rings. The second-order valence-corrected chi connectivity index (χ2v) is 36.1. The predicted molar refractivity (Wildman–Crippen MR) is 385 cm³/mol. The highest BCUT2D eigenvalue weighted by molar-refractivity contribution is 5.44. The third-order valence-electron chi connectivity index (χ3n) is 21.9. The van der Waals surface area contributed by atoms with Crippen LogP contribution in [0.25, 0.3) is 0 Å². The van der Waals surface area contributed by atoms with Gasteiger partial charge in [0.25, 0.3) is 0 Å². The second kappa shape index (κ2) is 29.5. The highest BCUT2D eigenvalue weighted by Gasteiger charge is 2.49. The summed E-state index contributed by atoms with van der Waals surface area (Å²) >= 11 is 0. The van der Waals surface area contributed by atoms with Crippen molar-refractivity contribution in [1.82, 2.24) is 60.6 Å². The van der Waals surface area contributed by atoms with Crippen molar-refractivity contribution in [2.45, 2.75) is 387 Å². The molecule has 90 heavy (non-hydrogen) atoms. The lowest BCUT2D eigenvalue weighted by Gasteiger charge is -2.56. The van der Waals surface area contributed by atoms with Crippen molar-refractivity contribution in [2.24, 2.45) is 0 Å². The van der Waals surface area contributed by atoms with Crippen LogP contribution in [0, 0.1) is 13.8 Å². The summed E-state index contributed by atoms with van der Waals surface area (Å²) in [6, 6.07) is 2.18. The number of hydrogen-bond donors (Lipinski definition) is 3. The molecule has 16 nitrogen and oxygen atoms in total. The molecule has 5 saturated heterocycles. The van der Waals surface area contributed by atoms with E-state index in [0.717, 1.165) is 158 Å². The third-order valence-corrected chi connectivity index (χ3v) is 21.9. The van der Waals surface area contributed by atoms with Crippen molar-refractivity contribution in [1.29, 1.82) is 0 Å². The van der Waals surface area contributed by atoms with Crippen molar-refractivity contribution in [3.05, 3.63) is 11.6 Å². The summed E-state index contributed by atoms with van der Waals surface area (Å²) in [6.07, 6.45) is 22.9. The maximum Gasteiger partial charge on any atom is 0.230 e. The highest BCUT2D eigenvalue weighted by atomic mass is 15.4. The summed E-state index contributed by atoms with van der Waals surface area (Å²) in [5.74, 6) is 5.15. The Morgan fingerprint density at radius 3 is 0.800 bits per heavy atom. The maximum absolute atomic E-state index is 5.42. The molecule has 2 aromatic rings. The van der Waals surface area contributed by atoms with Gasteiger partial charge in [-0.05, 0) is 276 Å². The molecule has 0 unspecified atom stereocenters. The zero-order valence-electron chi connectivity index (χ0n) is 63.9. The topological polar surface area (TPSA) is 136 Å². The Bertz CT molecular complexity index is 2410. The van der Waals surface area contributed by atoms with Gasteiger partial charge in [-0.25, -0.2) is 0 Å². The van der Waals surface area contributed by atoms with Crippen LogP contribution in [0.2, 0.25) is 0 Å². The number of likely N-dealkylation sites (tertiary alicyclic amines) is 2. The number of piperidine rings is 5. The van der Waals surface area contributed by atoms with Crippen molar-refractivity contribution in [2.75, 3.05) is 73.5 Å². The fourth-order valence-corrected chi connectivity index (χ4v) is 18.0. The molecule has 0 radical (unpaired) electrons. The molecule has 0 saturated carbocycles. The van der Waals surface area contributed by atoms with E-state index in [1.807, 2.05) is 0 Å². The zero-order valence-corrected chi connectivity index (χ0v) is 63.9. The maximum atomic E-state index is 5.42. The number of rotatable bonds is 25. The molecule has 0 spiro atoms. The summed E-state index contributed by atoms with van der Waals surface area (Å²) in [4.78, 5) is 48.9. The number of aromatic nitrogens is 6. The van der Waals surface area contributed by atoms with E-state index in [0.29, 0.717) is 30.2 Å². The van der Waals surface area contributed by atoms with Crippen LogP contribution in [-0.2, 0) is 0 Å². The molecule has 0 aromatic carbocycles. The number of anilines is 4. The lowest BCUT2D eigenvalue weighted by molar-refractivity contribution is -0.0130. The van der Waals surface area contributed by atoms with Crippen LogP contribution in [0.5, 0.6) is 0 Å². The van der Waals surface area contributed by atoms with Gasteiger partial charge in [-0.1, -0.05) is 52.9 Å². The first-order valence-corrected chi connectivity index (χ1v) is 36.4. The standard InChI is InChI=1S/C42H81N9.C32H61N7/c1-16-17-23-50(33-27-39(7,8)47-40(9,10)28-33)35-43-31(2)44-36(45-35)51(34-29-41(11,12)48-42(13,14)30-34)24-21-19-18-20-22-49(15)32-25-37(3,4)46-38(5,6)26-32;1-14-16-18-38(25-20-29(4,5)36(12)30(6,7)21-25)27-33-24(3)34-28(35-27)39(19-17-15-2)26-22-31(8,9)37(13)32(10,11)23-26/h32-34,46-48H,16-30H2,1-15H3;25-26H,14-23H2,1-13H3. The average molecular weight is 1260 g/mol. The van der Waals surface area contributed by atoms with Gasteiger partial charge in [-0.15, -0.1) is 0 Å². The van der Waals surface area contributed by atoms with E-state index < -0.39 is 0 Å². The van der Waals surface area contributed by atoms with E-state index in [-0.39, 0.29) is 55.4 Å². The Balaban J connectivity index is 0.000000297. The van der Waals surface area contributed by atoms with Crippen LogP contribution < -0.4 is 35.6 Å². The van der Waals surface area contributed by atoms with Crippen molar-refractivity contribution in [3.8, 4) is 0 Å². The zero-order chi connectivity index (χ0) is 67.4. The van der Waals surface area contributed by atoms with Crippen molar-refractivity contribution in [3.63, 3.8) is 0 Å². The summed E-state index contributed by atoms with van der Waals surface area (Å²) in [6.45, 7) is 63.4. The second-order valence-electron chi connectivity index (χ2n) is 36.1. The molecular weight excluding hydrogens is 1110 g/mol. The molecule has 7 heterocycles. The van der Waals surface area contributed by atoms with Crippen LogP contribution in [0.3, 0.4) is 0 Å². The lowest BCUT2D eigenvalue weighted by atomic mass is 9.77.